The van der Waals surface area contributed by atoms with Crippen LogP contribution in [0.1, 0.15) is 26.7 Å². The van der Waals surface area contributed by atoms with Crippen molar-refractivity contribution < 1.29 is 0 Å². The van der Waals surface area contributed by atoms with Gasteiger partial charge < -0.3 is 11.1 Å². The second-order valence-corrected chi connectivity index (χ2v) is 1.95. The molecule has 0 rings (SSSR count). The summed E-state index contributed by atoms with van der Waals surface area (Å²) in [6, 6.07) is 0. The summed E-state index contributed by atoms with van der Waals surface area (Å²) < 4.78 is 0. The number of hydrogen-bond donors (Lipinski definition) is 2. The maximum Gasteiger partial charge on any atom is 0.0328 e. The second kappa shape index (κ2) is 4.13. The second-order valence-electron chi connectivity index (χ2n) is 1.95. The van der Waals surface area contributed by atoms with E-state index in [0.29, 0.717) is 5.71 Å². The summed E-state index contributed by atoms with van der Waals surface area (Å²) in [5, 5.41) is 7.21. The molecule has 0 spiro atoms. The third kappa shape index (κ3) is 3.76. The number of rotatable bonds is 3. The fourth-order valence-electron chi connectivity index (χ4n) is 0.428. The van der Waals surface area contributed by atoms with E-state index in [9.17, 15) is 0 Å². The molecule has 0 unspecified atom stereocenters. The first-order valence-electron chi connectivity index (χ1n) is 3.24. The Bertz CT molecular complexity index is 125. The van der Waals surface area contributed by atoms with Crippen LogP contribution in [0.5, 0.6) is 0 Å². The lowest BCUT2D eigenvalue weighted by Crippen LogP contribution is -1.99. The van der Waals surface area contributed by atoms with Crippen molar-refractivity contribution in [1.82, 2.24) is 0 Å². The van der Waals surface area contributed by atoms with Gasteiger partial charge in [-0.2, -0.15) is 0 Å². The summed E-state index contributed by atoms with van der Waals surface area (Å²) in [4.78, 5) is 0. The maximum absolute atomic E-state index is 7.21. The van der Waals surface area contributed by atoms with Crippen molar-refractivity contribution in [3.8, 4) is 0 Å². The molecule has 52 valence electrons. The maximum atomic E-state index is 7.21. The van der Waals surface area contributed by atoms with Gasteiger partial charge in [-0.15, -0.1) is 0 Å². The molecule has 0 amide bonds. The zero-order chi connectivity index (χ0) is 7.28. The minimum absolute atomic E-state index is 0.606. The smallest absolute Gasteiger partial charge is 0.0328 e. The van der Waals surface area contributed by atoms with E-state index in [1.807, 2.05) is 13.8 Å². The molecule has 2 nitrogen and oxygen atoms in total. The van der Waals surface area contributed by atoms with Crippen LogP contribution in [0.2, 0.25) is 0 Å². The predicted octanol–water partition coefficient (Wildman–Crippen LogP) is 1.67. The first-order valence-corrected chi connectivity index (χ1v) is 3.24. The van der Waals surface area contributed by atoms with E-state index in [-0.39, 0.29) is 0 Å². The molecule has 0 bridgehead atoms. The first-order chi connectivity index (χ1) is 4.20. The minimum atomic E-state index is 0.606. The zero-order valence-electron chi connectivity index (χ0n) is 6.07. The average molecular weight is 126 g/mol. The molecule has 0 aromatic heterocycles. The van der Waals surface area contributed by atoms with E-state index in [2.05, 4.69) is 0 Å². The summed E-state index contributed by atoms with van der Waals surface area (Å²) in [6.45, 7) is 3.93. The van der Waals surface area contributed by atoms with Crippen LogP contribution in [0.4, 0.5) is 0 Å². The van der Waals surface area contributed by atoms with Crippen LogP contribution in [0.3, 0.4) is 0 Å². The van der Waals surface area contributed by atoms with Crippen molar-refractivity contribution in [2.45, 2.75) is 26.7 Å². The average Bonchev–Trinajstić information content (AvgIpc) is 1.87. The van der Waals surface area contributed by atoms with Gasteiger partial charge in [0.1, 0.15) is 0 Å². The zero-order valence-corrected chi connectivity index (χ0v) is 6.07. The van der Waals surface area contributed by atoms with Gasteiger partial charge >= 0.3 is 0 Å². The van der Waals surface area contributed by atoms with Gasteiger partial charge in [-0.3, -0.25) is 0 Å². The van der Waals surface area contributed by atoms with Gasteiger partial charge in [0.25, 0.3) is 0 Å². The van der Waals surface area contributed by atoms with E-state index in [0.717, 1.165) is 18.5 Å². The molecule has 0 aliphatic carbocycles. The quantitative estimate of drug-likeness (QED) is 0.555. The van der Waals surface area contributed by atoms with Gasteiger partial charge in [0, 0.05) is 11.4 Å². The Labute approximate surface area is 56.3 Å². The van der Waals surface area contributed by atoms with E-state index in [1.165, 1.54) is 0 Å². The molecule has 0 radical (unpaired) electrons. The Morgan fingerprint density at radius 1 is 1.44 bits per heavy atom. The van der Waals surface area contributed by atoms with E-state index < -0.39 is 0 Å². The standard InChI is InChI=1S/C7H14N2/c1-3-6(8)5-7(9)4-2/h5,8H,3-4,9H2,1-2H3/b7-5-,8-6?. The first kappa shape index (κ1) is 8.21. The highest BCUT2D eigenvalue weighted by Gasteiger charge is 1.87. The van der Waals surface area contributed by atoms with E-state index in [1.54, 1.807) is 6.08 Å². The monoisotopic (exact) mass is 126 g/mol. The fourth-order valence-corrected chi connectivity index (χ4v) is 0.428. The van der Waals surface area contributed by atoms with Gasteiger partial charge in [0.15, 0.2) is 0 Å². The Balaban J connectivity index is 3.79. The molecule has 0 aromatic rings. The molecule has 0 saturated heterocycles. The molecule has 0 heterocycles. The molecular weight excluding hydrogens is 112 g/mol. The van der Waals surface area contributed by atoms with Crippen LogP contribution < -0.4 is 5.73 Å². The van der Waals surface area contributed by atoms with E-state index in [4.69, 9.17) is 11.1 Å². The van der Waals surface area contributed by atoms with Crippen LogP contribution in [0.15, 0.2) is 11.8 Å². The molecule has 0 aliphatic heterocycles. The number of nitrogens with one attached hydrogen (secondary N) is 1. The summed E-state index contributed by atoms with van der Waals surface area (Å²) in [6.07, 6.45) is 3.32. The van der Waals surface area contributed by atoms with Crippen LogP contribution in [-0.4, -0.2) is 5.71 Å². The normalized spacial score (nSPS) is 11.6. The third-order valence-electron chi connectivity index (χ3n) is 1.15. The molecule has 2 heteroatoms. The Kier molecular flexibility index (Phi) is 3.76. The van der Waals surface area contributed by atoms with Crippen molar-refractivity contribution in [2.75, 3.05) is 0 Å². The molecule has 0 aromatic carbocycles. The van der Waals surface area contributed by atoms with Crippen LogP contribution in [-0.2, 0) is 0 Å². The molecular formula is C7H14N2. The summed E-state index contributed by atoms with van der Waals surface area (Å²) >= 11 is 0. The number of hydrogen-bond acceptors (Lipinski definition) is 2. The number of allylic oxidation sites excluding steroid dienone is 2. The Hall–Kier alpha value is -0.790. The van der Waals surface area contributed by atoms with Gasteiger partial charge in [0.2, 0.25) is 0 Å². The Morgan fingerprint density at radius 2 is 2.00 bits per heavy atom. The van der Waals surface area contributed by atoms with Crippen molar-refractivity contribution in [3.05, 3.63) is 11.8 Å². The fraction of sp³-hybridized carbons (Fsp3) is 0.571. The van der Waals surface area contributed by atoms with Gasteiger partial charge in [-0.1, -0.05) is 13.8 Å². The third-order valence-corrected chi connectivity index (χ3v) is 1.15. The summed E-state index contributed by atoms with van der Waals surface area (Å²) in [5.41, 5.74) is 6.87. The van der Waals surface area contributed by atoms with E-state index >= 15 is 0 Å². The molecule has 0 aliphatic rings. The molecule has 0 fully saturated rings. The van der Waals surface area contributed by atoms with Gasteiger partial charge in [-0.25, -0.2) is 0 Å². The highest BCUT2D eigenvalue weighted by atomic mass is 14.6. The lowest BCUT2D eigenvalue weighted by atomic mass is 10.2. The minimum Gasteiger partial charge on any atom is -0.402 e. The number of nitrogens with two attached hydrogens (primary N) is 1. The predicted molar refractivity (Wildman–Crippen MR) is 40.6 cm³/mol. The van der Waals surface area contributed by atoms with Crippen LogP contribution in [0, 0.1) is 5.41 Å². The molecule has 0 saturated carbocycles. The molecule has 0 atom stereocenters. The highest BCUT2D eigenvalue weighted by Crippen LogP contribution is 1.92. The van der Waals surface area contributed by atoms with Crippen molar-refractivity contribution in [2.24, 2.45) is 5.73 Å². The molecule has 3 N–H and O–H groups in total. The lowest BCUT2D eigenvalue weighted by Gasteiger charge is -1.94. The van der Waals surface area contributed by atoms with Crippen molar-refractivity contribution in [3.63, 3.8) is 0 Å². The summed E-state index contributed by atoms with van der Waals surface area (Å²) in [7, 11) is 0. The van der Waals surface area contributed by atoms with Gasteiger partial charge in [0.05, 0.1) is 0 Å². The topological polar surface area (TPSA) is 49.9 Å². The van der Waals surface area contributed by atoms with Crippen molar-refractivity contribution >= 4 is 5.71 Å². The summed E-state index contributed by atoms with van der Waals surface area (Å²) in [5.74, 6) is 0. The van der Waals surface area contributed by atoms with Crippen LogP contribution >= 0.6 is 0 Å². The lowest BCUT2D eigenvalue weighted by molar-refractivity contribution is 1.07. The van der Waals surface area contributed by atoms with Gasteiger partial charge in [-0.05, 0) is 18.9 Å². The van der Waals surface area contributed by atoms with Crippen LogP contribution in [0.25, 0.3) is 0 Å². The Morgan fingerprint density at radius 3 is 2.33 bits per heavy atom. The SMILES string of the molecule is CCC(=N)/C=C(\N)CC. The highest BCUT2D eigenvalue weighted by molar-refractivity contribution is 5.92. The molecule has 9 heavy (non-hydrogen) atoms. The largest absolute Gasteiger partial charge is 0.402 e. The van der Waals surface area contributed by atoms with Crippen molar-refractivity contribution in [1.29, 1.82) is 5.41 Å².